The van der Waals surface area contributed by atoms with Crippen molar-refractivity contribution in [3.8, 4) is 0 Å². The summed E-state index contributed by atoms with van der Waals surface area (Å²) in [5.74, 6) is 0. The molecule has 1 N–H and O–H groups in total. The van der Waals surface area contributed by atoms with Crippen molar-refractivity contribution in [1.82, 2.24) is 0 Å². The van der Waals surface area contributed by atoms with Gasteiger partial charge in [0.2, 0.25) is 0 Å². The van der Waals surface area contributed by atoms with Crippen LogP contribution in [-0.4, -0.2) is 39.5 Å². The fourth-order valence-corrected chi connectivity index (χ4v) is 2.64. The molecule has 0 aromatic heterocycles. The molecule has 1 aliphatic rings. The maximum Gasteiger partial charge on any atom is 0.412 e. The van der Waals surface area contributed by atoms with Crippen LogP contribution in [0.15, 0.2) is 48.2 Å². The Kier molecular flexibility index (Phi) is 6.09. The molecule has 0 radical (unpaired) electrons. The number of hydrogen-bond acceptors (Lipinski definition) is 6. The van der Waals surface area contributed by atoms with Gasteiger partial charge >= 0.3 is 6.09 Å². The molecule has 2 rings (SSSR count). The topological polar surface area (TPSA) is 84.9 Å². The number of benzene rings is 1. The third kappa shape index (κ3) is 6.53. The van der Waals surface area contributed by atoms with Crippen molar-refractivity contribution >= 4 is 27.6 Å². The number of amides is 1. The molecule has 0 saturated carbocycles. The molecule has 0 unspecified atom stereocenters. The highest BCUT2D eigenvalue weighted by Gasteiger charge is 2.19. The molecule has 1 heterocycles. The molecular weight excluding hydrogens is 356 g/mol. The number of nitrogens with one attached hydrogen (secondary N) is 1. The Bertz CT molecular complexity index is 822. The Morgan fingerprint density at radius 3 is 2.62 bits per heavy atom. The lowest BCUT2D eigenvalue weighted by molar-refractivity contribution is 0.0636. The Balaban J connectivity index is 2.17. The molecule has 1 amide bonds. The van der Waals surface area contributed by atoms with Crippen LogP contribution in [-0.2, 0) is 19.0 Å². The number of para-hydroxylation sites is 2. The zero-order valence-electron chi connectivity index (χ0n) is 15.4. The molecular formula is C18H24N2O5S. The van der Waals surface area contributed by atoms with Gasteiger partial charge in [-0.3, -0.25) is 9.50 Å². The molecule has 1 aromatic carbocycles. The summed E-state index contributed by atoms with van der Waals surface area (Å²) >= 11 is 0. The van der Waals surface area contributed by atoms with Crippen molar-refractivity contribution in [3.05, 3.63) is 48.2 Å². The van der Waals surface area contributed by atoms with E-state index < -0.39 is 21.8 Å². The first-order valence-electron chi connectivity index (χ1n) is 8.11. The van der Waals surface area contributed by atoms with E-state index in [1.165, 1.54) is 0 Å². The molecule has 0 fully saturated rings. The van der Waals surface area contributed by atoms with Crippen molar-refractivity contribution < 1.29 is 22.1 Å². The second-order valence-corrected chi connectivity index (χ2v) is 8.51. The minimum Gasteiger partial charge on any atom is -0.444 e. The van der Waals surface area contributed by atoms with Gasteiger partial charge in [-0.25, -0.2) is 4.79 Å². The van der Waals surface area contributed by atoms with E-state index in [9.17, 15) is 13.2 Å². The van der Waals surface area contributed by atoms with Crippen LogP contribution >= 0.6 is 0 Å². The third-order valence-corrected chi connectivity index (χ3v) is 3.79. The number of carbonyl (C=O) groups excluding carboxylic acids is 1. The Hall–Kier alpha value is -2.32. The van der Waals surface area contributed by atoms with E-state index in [0.717, 1.165) is 11.9 Å². The minimum atomic E-state index is -3.51. The summed E-state index contributed by atoms with van der Waals surface area (Å²) in [6, 6.07) is 7.30. The quantitative estimate of drug-likeness (QED) is 0.789. The van der Waals surface area contributed by atoms with Crippen LogP contribution in [0.3, 0.4) is 0 Å². The molecule has 0 saturated heterocycles. The summed E-state index contributed by atoms with van der Waals surface area (Å²) < 4.78 is 32.5. The molecule has 7 nitrogen and oxygen atoms in total. The van der Waals surface area contributed by atoms with Crippen LogP contribution in [0.4, 0.5) is 16.2 Å². The van der Waals surface area contributed by atoms with Gasteiger partial charge in [-0.15, -0.1) is 0 Å². The number of hydrogen-bond donors (Lipinski definition) is 1. The van der Waals surface area contributed by atoms with Crippen LogP contribution in [0, 0.1) is 0 Å². The molecule has 8 heteroatoms. The first-order chi connectivity index (χ1) is 12.0. The van der Waals surface area contributed by atoms with E-state index in [4.69, 9.17) is 8.92 Å². The van der Waals surface area contributed by atoms with Gasteiger partial charge in [0.15, 0.2) is 0 Å². The van der Waals surface area contributed by atoms with Gasteiger partial charge in [-0.05, 0) is 38.5 Å². The predicted molar refractivity (Wildman–Crippen MR) is 102 cm³/mol. The molecule has 142 valence electrons. The number of carbonyl (C=O) groups is 1. The monoisotopic (exact) mass is 380 g/mol. The normalized spacial score (nSPS) is 14.8. The SMILES string of the molecule is CC(C)(C)OC(=O)Nc1ccccc1N1C=C(COS(C)(=O)=O)C=CC1. The summed E-state index contributed by atoms with van der Waals surface area (Å²) in [7, 11) is -3.51. The maximum absolute atomic E-state index is 12.1. The third-order valence-electron chi connectivity index (χ3n) is 3.24. The number of rotatable bonds is 5. The highest BCUT2D eigenvalue weighted by atomic mass is 32.2. The predicted octanol–water partition coefficient (Wildman–Crippen LogP) is 3.27. The van der Waals surface area contributed by atoms with Crippen molar-refractivity contribution in [2.45, 2.75) is 26.4 Å². The number of anilines is 2. The van der Waals surface area contributed by atoms with Gasteiger partial charge in [-0.2, -0.15) is 8.42 Å². The highest BCUT2D eigenvalue weighted by molar-refractivity contribution is 7.86. The van der Waals surface area contributed by atoms with Crippen molar-refractivity contribution in [3.63, 3.8) is 0 Å². The number of nitrogens with zero attached hydrogens (tertiary/aromatic N) is 1. The number of ether oxygens (including phenoxy) is 1. The zero-order valence-corrected chi connectivity index (χ0v) is 16.2. The van der Waals surface area contributed by atoms with Crippen molar-refractivity contribution in [2.75, 3.05) is 29.6 Å². The molecule has 0 atom stereocenters. The van der Waals surface area contributed by atoms with E-state index in [-0.39, 0.29) is 6.61 Å². The van der Waals surface area contributed by atoms with Gasteiger partial charge in [0.1, 0.15) is 5.60 Å². The van der Waals surface area contributed by atoms with E-state index in [1.807, 2.05) is 35.3 Å². The maximum atomic E-state index is 12.1. The standard InChI is InChI=1S/C18H24N2O5S/c1-18(2,3)25-17(21)19-15-9-5-6-10-16(15)20-11-7-8-14(12-20)13-24-26(4,22)23/h5-10,12H,11,13H2,1-4H3,(H,19,21). The average molecular weight is 380 g/mol. The summed E-state index contributed by atoms with van der Waals surface area (Å²) in [6.07, 6.45) is 5.97. The van der Waals surface area contributed by atoms with Crippen LogP contribution < -0.4 is 10.2 Å². The summed E-state index contributed by atoms with van der Waals surface area (Å²) in [5, 5.41) is 2.75. The van der Waals surface area contributed by atoms with Gasteiger partial charge in [0.05, 0.1) is 24.2 Å². The largest absolute Gasteiger partial charge is 0.444 e. The molecule has 1 aromatic rings. The van der Waals surface area contributed by atoms with E-state index in [2.05, 4.69) is 5.32 Å². The van der Waals surface area contributed by atoms with Crippen LogP contribution in [0.2, 0.25) is 0 Å². The van der Waals surface area contributed by atoms with Crippen LogP contribution in [0.1, 0.15) is 20.8 Å². The lowest BCUT2D eigenvalue weighted by atomic mass is 10.1. The Morgan fingerprint density at radius 1 is 1.27 bits per heavy atom. The van der Waals surface area contributed by atoms with Crippen LogP contribution in [0.5, 0.6) is 0 Å². The fraction of sp³-hybridized carbons (Fsp3) is 0.389. The minimum absolute atomic E-state index is 0.0481. The second kappa shape index (κ2) is 7.92. The van der Waals surface area contributed by atoms with Gasteiger partial charge < -0.3 is 9.64 Å². The second-order valence-electron chi connectivity index (χ2n) is 6.87. The van der Waals surface area contributed by atoms with Crippen molar-refractivity contribution in [1.29, 1.82) is 0 Å². The van der Waals surface area contributed by atoms with E-state index in [1.54, 1.807) is 33.0 Å². The smallest absolute Gasteiger partial charge is 0.412 e. The lowest BCUT2D eigenvalue weighted by Crippen LogP contribution is -2.28. The average Bonchev–Trinajstić information content (AvgIpc) is 2.51. The molecule has 0 spiro atoms. The summed E-state index contributed by atoms with van der Waals surface area (Å²) in [5.41, 5.74) is 1.47. The Labute approximate surface area is 154 Å². The van der Waals surface area contributed by atoms with E-state index >= 15 is 0 Å². The van der Waals surface area contributed by atoms with Crippen molar-refractivity contribution in [2.24, 2.45) is 0 Å². The highest BCUT2D eigenvalue weighted by Crippen LogP contribution is 2.28. The Morgan fingerprint density at radius 2 is 1.96 bits per heavy atom. The summed E-state index contributed by atoms with van der Waals surface area (Å²) in [4.78, 5) is 14.0. The van der Waals surface area contributed by atoms with E-state index in [0.29, 0.717) is 17.8 Å². The molecule has 26 heavy (non-hydrogen) atoms. The first kappa shape index (κ1) is 20.0. The zero-order chi connectivity index (χ0) is 19.4. The van der Waals surface area contributed by atoms with Crippen LogP contribution in [0.25, 0.3) is 0 Å². The summed E-state index contributed by atoms with van der Waals surface area (Å²) in [6.45, 7) is 5.92. The van der Waals surface area contributed by atoms with Gasteiger partial charge in [0, 0.05) is 12.7 Å². The lowest BCUT2D eigenvalue weighted by Gasteiger charge is -2.26. The molecule has 1 aliphatic heterocycles. The van der Waals surface area contributed by atoms with Gasteiger partial charge in [-0.1, -0.05) is 24.3 Å². The fourth-order valence-electron chi connectivity index (χ4n) is 2.29. The molecule has 0 aliphatic carbocycles. The molecule has 0 bridgehead atoms. The first-order valence-corrected chi connectivity index (χ1v) is 9.92. The van der Waals surface area contributed by atoms with Gasteiger partial charge in [0.25, 0.3) is 10.1 Å².